The molecule has 0 aromatic rings. The Kier molecular flexibility index (Phi) is 4.26. The highest BCUT2D eigenvalue weighted by atomic mass is 16.6. The Balaban J connectivity index is 3.71. The molecule has 0 rings (SSSR count). The topological polar surface area (TPSA) is 52.6 Å². The van der Waals surface area contributed by atoms with Gasteiger partial charge < -0.3 is 9.47 Å². The monoisotopic (exact) mass is 160 g/mol. The molecule has 0 N–H and O–H groups in total. The van der Waals surface area contributed by atoms with Crippen LogP contribution in [0.3, 0.4) is 0 Å². The second kappa shape index (κ2) is 4.71. The number of hydrogen-bond acceptors (Lipinski definition) is 4. The highest BCUT2D eigenvalue weighted by Gasteiger charge is 2.14. The average molecular weight is 160 g/mol. The predicted molar refractivity (Wildman–Crippen MR) is 37.8 cm³/mol. The molecule has 0 bridgehead atoms. The Bertz CT molecular complexity index is 143. The number of carbonyl (C=O) groups excluding carboxylic acids is 2. The Morgan fingerprint density at radius 1 is 1.36 bits per heavy atom. The molecule has 0 aliphatic heterocycles. The minimum atomic E-state index is -0.392. The predicted octanol–water partition coefficient (Wildman–Crippen LogP) is 0.500. The van der Waals surface area contributed by atoms with Gasteiger partial charge in [0.2, 0.25) is 0 Å². The normalized spacial score (nSPS) is 14.8. The van der Waals surface area contributed by atoms with E-state index >= 15 is 0 Å². The molecule has 4 heteroatoms. The van der Waals surface area contributed by atoms with E-state index in [-0.39, 0.29) is 5.97 Å². The molecule has 0 aliphatic carbocycles. The molecule has 0 aliphatic rings. The van der Waals surface area contributed by atoms with Crippen LogP contribution in [-0.2, 0) is 19.1 Å². The lowest BCUT2D eigenvalue weighted by Gasteiger charge is -2.17. The molecular formula is C7H12O4. The SMILES string of the molecule is CC(=O)O[C@H](C)[C@@H](C)OC=O. The van der Waals surface area contributed by atoms with Crippen molar-refractivity contribution in [3.63, 3.8) is 0 Å². The molecule has 2 atom stereocenters. The molecule has 0 radical (unpaired) electrons. The van der Waals surface area contributed by atoms with Crippen molar-refractivity contribution in [3.8, 4) is 0 Å². The smallest absolute Gasteiger partial charge is 0.303 e. The highest BCUT2D eigenvalue weighted by Crippen LogP contribution is 2.01. The minimum absolute atomic E-state index is 0.338. The molecule has 0 saturated carbocycles. The average Bonchev–Trinajstić information content (AvgIpc) is 1.86. The van der Waals surface area contributed by atoms with Crippen LogP contribution in [0.4, 0.5) is 0 Å². The second-order valence-electron chi connectivity index (χ2n) is 2.25. The van der Waals surface area contributed by atoms with E-state index in [1.54, 1.807) is 13.8 Å². The molecule has 0 unspecified atom stereocenters. The first-order valence-electron chi connectivity index (χ1n) is 3.34. The maximum atomic E-state index is 10.4. The summed E-state index contributed by atoms with van der Waals surface area (Å²) in [5.41, 5.74) is 0. The van der Waals surface area contributed by atoms with Crippen molar-refractivity contribution in [3.05, 3.63) is 0 Å². The first-order valence-corrected chi connectivity index (χ1v) is 3.34. The third-order valence-corrected chi connectivity index (χ3v) is 1.28. The molecule has 4 nitrogen and oxygen atoms in total. The lowest BCUT2D eigenvalue weighted by atomic mass is 10.2. The molecule has 0 amide bonds. The lowest BCUT2D eigenvalue weighted by molar-refractivity contribution is -0.156. The molecule has 11 heavy (non-hydrogen) atoms. The van der Waals surface area contributed by atoms with Crippen molar-refractivity contribution in [2.24, 2.45) is 0 Å². The summed E-state index contributed by atoms with van der Waals surface area (Å²) in [6, 6.07) is 0. The molecule has 0 heterocycles. The summed E-state index contributed by atoms with van der Waals surface area (Å²) in [5.74, 6) is -0.376. The van der Waals surface area contributed by atoms with Gasteiger partial charge in [0, 0.05) is 6.92 Å². The number of carbonyl (C=O) groups is 2. The van der Waals surface area contributed by atoms with E-state index in [4.69, 9.17) is 4.74 Å². The summed E-state index contributed by atoms with van der Waals surface area (Å²) in [6.45, 7) is 4.96. The molecule has 0 aromatic carbocycles. The van der Waals surface area contributed by atoms with Gasteiger partial charge in [-0.05, 0) is 13.8 Å². The molecule has 64 valence electrons. The van der Waals surface area contributed by atoms with E-state index in [1.165, 1.54) is 6.92 Å². The Labute approximate surface area is 65.5 Å². The van der Waals surface area contributed by atoms with E-state index in [1.807, 2.05) is 0 Å². The number of rotatable bonds is 4. The van der Waals surface area contributed by atoms with Gasteiger partial charge >= 0.3 is 5.97 Å². The van der Waals surface area contributed by atoms with Crippen LogP contribution in [0.2, 0.25) is 0 Å². The first kappa shape index (κ1) is 9.94. The zero-order chi connectivity index (χ0) is 8.85. The summed E-state index contributed by atoms with van der Waals surface area (Å²) in [5, 5.41) is 0. The van der Waals surface area contributed by atoms with Crippen LogP contribution < -0.4 is 0 Å². The lowest BCUT2D eigenvalue weighted by Crippen LogP contribution is -2.27. The van der Waals surface area contributed by atoms with Crippen LogP contribution in [-0.4, -0.2) is 24.6 Å². The van der Waals surface area contributed by atoms with Crippen molar-refractivity contribution >= 4 is 12.4 Å². The van der Waals surface area contributed by atoms with E-state index in [2.05, 4.69) is 4.74 Å². The van der Waals surface area contributed by atoms with Crippen molar-refractivity contribution in [2.45, 2.75) is 33.0 Å². The summed E-state index contributed by atoms with van der Waals surface area (Å²) in [6.07, 6.45) is -0.783. The summed E-state index contributed by atoms with van der Waals surface area (Å²) < 4.78 is 9.29. The van der Waals surface area contributed by atoms with E-state index in [0.717, 1.165) is 0 Å². The van der Waals surface area contributed by atoms with Crippen LogP contribution in [0.25, 0.3) is 0 Å². The number of ether oxygens (including phenoxy) is 2. The standard InChI is InChI=1S/C7H12O4/c1-5(10-4-8)6(2)11-7(3)9/h4-6H,1-3H3/t5-,6-/m1/s1. The number of esters is 1. The van der Waals surface area contributed by atoms with Gasteiger partial charge in [0.1, 0.15) is 12.2 Å². The highest BCUT2D eigenvalue weighted by molar-refractivity contribution is 5.66. The van der Waals surface area contributed by atoms with Crippen LogP contribution >= 0.6 is 0 Å². The first-order chi connectivity index (χ1) is 5.07. The van der Waals surface area contributed by atoms with Gasteiger partial charge in [0.05, 0.1) is 0 Å². The van der Waals surface area contributed by atoms with Gasteiger partial charge in [-0.15, -0.1) is 0 Å². The van der Waals surface area contributed by atoms with Crippen LogP contribution in [0.15, 0.2) is 0 Å². The van der Waals surface area contributed by atoms with Gasteiger partial charge in [-0.25, -0.2) is 0 Å². The van der Waals surface area contributed by atoms with Gasteiger partial charge in [-0.3, -0.25) is 9.59 Å². The molecule has 0 fully saturated rings. The zero-order valence-electron chi connectivity index (χ0n) is 6.87. The largest absolute Gasteiger partial charge is 0.461 e. The fourth-order valence-corrected chi connectivity index (χ4v) is 0.556. The van der Waals surface area contributed by atoms with Crippen LogP contribution in [0, 0.1) is 0 Å². The molecule has 0 spiro atoms. The molecular weight excluding hydrogens is 148 g/mol. The van der Waals surface area contributed by atoms with Crippen molar-refractivity contribution < 1.29 is 19.1 Å². The van der Waals surface area contributed by atoms with E-state index < -0.39 is 12.2 Å². The van der Waals surface area contributed by atoms with Crippen LogP contribution in [0.5, 0.6) is 0 Å². The van der Waals surface area contributed by atoms with Gasteiger partial charge in [-0.1, -0.05) is 0 Å². The maximum Gasteiger partial charge on any atom is 0.303 e. The third-order valence-electron chi connectivity index (χ3n) is 1.28. The Hall–Kier alpha value is -1.06. The quantitative estimate of drug-likeness (QED) is 0.444. The summed E-state index contributed by atoms with van der Waals surface area (Å²) in [7, 11) is 0. The van der Waals surface area contributed by atoms with Gasteiger partial charge in [-0.2, -0.15) is 0 Å². The van der Waals surface area contributed by atoms with Crippen LogP contribution in [0.1, 0.15) is 20.8 Å². The van der Waals surface area contributed by atoms with Gasteiger partial charge in [0.25, 0.3) is 6.47 Å². The third kappa shape index (κ3) is 4.36. The minimum Gasteiger partial charge on any atom is -0.461 e. The summed E-state index contributed by atoms with van der Waals surface area (Å²) >= 11 is 0. The van der Waals surface area contributed by atoms with Crippen molar-refractivity contribution in [1.29, 1.82) is 0 Å². The van der Waals surface area contributed by atoms with Crippen molar-refractivity contribution in [2.75, 3.05) is 0 Å². The van der Waals surface area contributed by atoms with E-state index in [9.17, 15) is 9.59 Å². The van der Waals surface area contributed by atoms with E-state index in [0.29, 0.717) is 6.47 Å². The van der Waals surface area contributed by atoms with Crippen molar-refractivity contribution in [1.82, 2.24) is 0 Å². The second-order valence-corrected chi connectivity index (χ2v) is 2.25. The fraction of sp³-hybridized carbons (Fsp3) is 0.714. The fourth-order valence-electron chi connectivity index (χ4n) is 0.556. The molecule has 0 saturated heterocycles. The number of hydrogen-bond donors (Lipinski definition) is 0. The Morgan fingerprint density at radius 2 is 1.91 bits per heavy atom. The zero-order valence-corrected chi connectivity index (χ0v) is 6.87. The molecule has 0 aromatic heterocycles. The Morgan fingerprint density at radius 3 is 2.27 bits per heavy atom. The summed E-state index contributed by atoms with van der Waals surface area (Å²) in [4.78, 5) is 20.2. The maximum absolute atomic E-state index is 10.4. The van der Waals surface area contributed by atoms with Gasteiger partial charge in [0.15, 0.2) is 0 Å².